The molecule has 0 fully saturated rings. The monoisotopic (exact) mass is 333 g/mol. The lowest BCUT2D eigenvalue weighted by Gasteiger charge is -2.25. The van der Waals surface area contributed by atoms with E-state index in [0.29, 0.717) is 11.8 Å². The van der Waals surface area contributed by atoms with Crippen LogP contribution in [0.4, 0.5) is 0 Å². The summed E-state index contributed by atoms with van der Waals surface area (Å²) in [6.45, 7) is 0.102. The summed E-state index contributed by atoms with van der Waals surface area (Å²) in [7, 11) is 0. The molecular formula is C21H19NO3. The predicted octanol–water partition coefficient (Wildman–Crippen LogP) is 3.33. The molecule has 0 aromatic heterocycles. The molecule has 126 valence electrons. The van der Waals surface area contributed by atoms with E-state index < -0.39 is 11.5 Å². The van der Waals surface area contributed by atoms with Gasteiger partial charge in [-0.3, -0.25) is 0 Å². The first kappa shape index (κ1) is 16.9. The average molecular weight is 333 g/mol. The van der Waals surface area contributed by atoms with Crippen molar-refractivity contribution in [1.82, 2.24) is 0 Å². The smallest absolute Gasteiger partial charge is 0.331 e. The van der Waals surface area contributed by atoms with Crippen LogP contribution in [-0.2, 0) is 26.5 Å². The van der Waals surface area contributed by atoms with Gasteiger partial charge in [0.25, 0.3) is 0 Å². The second kappa shape index (κ2) is 7.28. The number of benzene rings is 3. The van der Waals surface area contributed by atoms with Crippen LogP contribution in [0.2, 0.25) is 0 Å². The lowest BCUT2D eigenvalue weighted by atomic mass is 9.88. The number of esters is 1. The van der Waals surface area contributed by atoms with Gasteiger partial charge < -0.3 is 15.3 Å². The molecule has 0 heterocycles. The first-order chi connectivity index (χ1) is 12.1. The molecule has 0 amide bonds. The highest BCUT2D eigenvalue weighted by Gasteiger charge is 2.37. The molecular weight excluding hydrogens is 314 g/mol. The summed E-state index contributed by atoms with van der Waals surface area (Å²) in [4.78, 5) is 23.7. The zero-order valence-electron chi connectivity index (χ0n) is 13.7. The average Bonchev–Trinajstić information content (AvgIpc) is 2.66. The van der Waals surface area contributed by atoms with E-state index in [-0.39, 0.29) is 13.0 Å². The quantitative estimate of drug-likeness (QED) is 0.555. The maximum absolute atomic E-state index is 12.7. The van der Waals surface area contributed by atoms with Crippen molar-refractivity contribution in [1.29, 1.82) is 0 Å². The fourth-order valence-corrected chi connectivity index (χ4v) is 2.88. The summed E-state index contributed by atoms with van der Waals surface area (Å²) in [5.41, 5.74) is 6.22. The van der Waals surface area contributed by atoms with Crippen LogP contribution in [0.3, 0.4) is 0 Å². The standard InChI is InChI=1S/C21H19NO3/c22-21(13-14-23,18-10-2-1-3-11-18)20(24)25-15-17-9-6-8-16-7-4-5-12-19(16)17/h1-12,14H,13,15,22H2. The van der Waals surface area contributed by atoms with E-state index in [1.807, 2.05) is 48.5 Å². The van der Waals surface area contributed by atoms with Crippen molar-refractivity contribution >= 4 is 23.0 Å². The lowest BCUT2D eigenvalue weighted by Crippen LogP contribution is -2.46. The second-order valence-corrected chi connectivity index (χ2v) is 5.92. The molecule has 0 aliphatic heterocycles. The van der Waals surface area contributed by atoms with E-state index in [1.165, 1.54) is 0 Å². The van der Waals surface area contributed by atoms with Gasteiger partial charge in [0, 0.05) is 6.42 Å². The minimum absolute atomic E-state index is 0.102. The zero-order chi connectivity index (χ0) is 17.7. The minimum Gasteiger partial charge on any atom is -0.459 e. The van der Waals surface area contributed by atoms with Crippen molar-refractivity contribution in [3.05, 3.63) is 83.9 Å². The van der Waals surface area contributed by atoms with Crippen LogP contribution in [0, 0.1) is 0 Å². The highest BCUT2D eigenvalue weighted by atomic mass is 16.5. The number of hydrogen-bond acceptors (Lipinski definition) is 4. The molecule has 0 spiro atoms. The SMILES string of the molecule is NC(CC=O)(C(=O)OCc1cccc2ccccc12)c1ccccc1. The van der Waals surface area contributed by atoms with E-state index in [1.54, 1.807) is 24.3 Å². The van der Waals surface area contributed by atoms with Crippen molar-refractivity contribution in [2.24, 2.45) is 5.73 Å². The van der Waals surface area contributed by atoms with Gasteiger partial charge in [-0.25, -0.2) is 4.79 Å². The normalized spacial score (nSPS) is 13.2. The third kappa shape index (κ3) is 3.44. The molecule has 0 aliphatic rings. The molecule has 25 heavy (non-hydrogen) atoms. The van der Waals surface area contributed by atoms with Crippen molar-refractivity contribution in [3.8, 4) is 0 Å². The van der Waals surface area contributed by atoms with Crippen LogP contribution in [0.15, 0.2) is 72.8 Å². The molecule has 2 N–H and O–H groups in total. The molecule has 3 rings (SSSR count). The maximum Gasteiger partial charge on any atom is 0.331 e. The van der Waals surface area contributed by atoms with Crippen LogP contribution in [0.1, 0.15) is 17.5 Å². The fourth-order valence-electron chi connectivity index (χ4n) is 2.88. The Balaban J connectivity index is 1.83. The largest absolute Gasteiger partial charge is 0.459 e. The number of carbonyl (C=O) groups excluding carboxylic acids is 2. The summed E-state index contributed by atoms with van der Waals surface area (Å²) in [5.74, 6) is -0.612. The second-order valence-electron chi connectivity index (χ2n) is 5.92. The Bertz CT molecular complexity index is 887. The number of hydrogen-bond donors (Lipinski definition) is 1. The van der Waals surface area contributed by atoms with Crippen LogP contribution >= 0.6 is 0 Å². The van der Waals surface area contributed by atoms with Gasteiger partial charge in [-0.05, 0) is 21.9 Å². The predicted molar refractivity (Wildman–Crippen MR) is 96.7 cm³/mol. The van der Waals surface area contributed by atoms with Crippen molar-refractivity contribution in [2.45, 2.75) is 18.6 Å². The van der Waals surface area contributed by atoms with E-state index in [2.05, 4.69) is 0 Å². The first-order valence-corrected chi connectivity index (χ1v) is 8.07. The van der Waals surface area contributed by atoms with E-state index >= 15 is 0 Å². The fraction of sp³-hybridized carbons (Fsp3) is 0.143. The third-order valence-electron chi connectivity index (χ3n) is 4.30. The molecule has 4 nitrogen and oxygen atoms in total. The van der Waals surface area contributed by atoms with Crippen LogP contribution in [0.25, 0.3) is 10.8 Å². The molecule has 0 aliphatic carbocycles. The van der Waals surface area contributed by atoms with Crippen molar-refractivity contribution in [2.75, 3.05) is 0 Å². The number of ether oxygens (including phenoxy) is 1. The van der Waals surface area contributed by atoms with Crippen molar-refractivity contribution < 1.29 is 14.3 Å². The molecule has 1 unspecified atom stereocenters. The van der Waals surface area contributed by atoms with Crippen molar-refractivity contribution in [3.63, 3.8) is 0 Å². The highest BCUT2D eigenvalue weighted by molar-refractivity contribution is 5.87. The molecule has 3 aromatic rings. The number of aldehydes is 1. The summed E-state index contributed by atoms with van der Waals surface area (Å²) < 4.78 is 5.49. The Morgan fingerprint density at radius 1 is 0.960 bits per heavy atom. The van der Waals surface area contributed by atoms with Gasteiger partial charge in [0.05, 0.1) is 0 Å². The molecule has 0 radical (unpaired) electrons. The Labute approximate surface area is 146 Å². The van der Waals surface area contributed by atoms with E-state index in [4.69, 9.17) is 10.5 Å². The highest BCUT2D eigenvalue weighted by Crippen LogP contribution is 2.25. The summed E-state index contributed by atoms with van der Waals surface area (Å²) in [5, 5.41) is 2.10. The van der Waals surface area contributed by atoms with Gasteiger partial charge >= 0.3 is 5.97 Å². The molecule has 0 bridgehead atoms. The van der Waals surface area contributed by atoms with Gasteiger partial charge in [-0.15, -0.1) is 0 Å². The summed E-state index contributed by atoms with van der Waals surface area (Å²) in [6, 6.07) is 22.6. The molecule has 0 saturated heterocycles. The zero-order valence-corrected chi connectivity index (χ0v) is 13.7. The molecule has 3 aromatic carbocycles. The van der Waals surface area contributed by atoms with Gasteiger partial charge in [0.2, 0.25) is 0 Å². The molecule has 1 atom stereocenters. The lowest BCUT2D eigenvalue weighted by molar-refractivity contribution is -0.153. The Morgan fingerprint density at radius 2 is 1.64 bits per heavy atom. The first-order valence-electron chi connectivity index (χ1n) is 8.07. The van der Waals surface area contributed by atoms with Gasteiger partial charge in [0.1, 0.15) is 18.4 Å². The Morgan fingerprint density at radius 3 is 2.40 bits per heavy atom. The summed E-state index contributed by atoms with van der Waals surface area (Å²) >= 11 is 0. The Hall–Kier alpha value is -2.98. The minimum atomic E-state index is -1.48. The topological polar surface area (TPSA) is 69.4 Å². The van der Waals surface area contributed by atoms with E-state index in [0.717, 1.165) is 16.3 Å². The van der Waals surface area contributed by atoms with Gasteiger partial charge in [-0.1, -0.05) is 72.8 Å². The van der Waals surface area contributed by atoms with Gasteiger partial charge in [0.15, 0.2) is 0 Å². The Kier molecular flexibility index (Phi) is 4.91. The number of fused-ring (bicyclic) bond motifs is 1. The number of carbonyl (C=O) groups is 2. The maximum atomic E-state index is 12.7. The summed E-state index contributed by atoms with van der Waals surface area (Å²) in [6.07, 6.45) is 0.511. The number of nitrogens with two attached hydrogens (primary N) is 1. The van der Waals surface area contributed by atoms with E-state index in [9.17, 15) is 9.59 Å². The van der Waals surface area contributed by atoms with Crippen LogP contribution < -0.4 is 5.73 Å². The number of rotatable bonds is 6. The molecule has 0 saturated carbocycles. The molecule has 4 heteroatoms. The van der Waals surface area contributed by atoms with Gasteiger partial charge in [-0.2, -0.15) is 0 Å². The van der Waals surface area contributed by atoms with Crippen LogP contribution in [0.5, 0.6) is 0 Å². The van der Waals surface area contributed by atoms with Crippen LogP contribution in [-0.4, -0.2) is 12.3 Å². The third-order valence-corrected chi connectivity index (χ3v) is 4.30.